The highest BCUT2D eigenvalue weighted by Crippen LogP contribution is 2.29. The van der Waals surface area contributed by atoms with E-state index >= 15 is 0 Å². The molecule has 0 spiro atoms. The topological polar surface area (TPSA) is 61.4 Å². The minimum Gasteiger partial charge on any atom is -0.387 e. The molecule has 0 bridgehead atoms. The van der Waals surface area contributed by atoms with Gasteiger partial charge in [0.05, 0.1) is 11.7 Å². The largest absolute Gasteiger partial charge is 0.416 e. The summed E-state index contributed by atoms with van der Waals surface area (Å²) in [7, 11) is 0. The first-order chi connectivity index (χ1) is 11.4. The summed E-state index contributed by atoms with van der Waals surface area (Å²) in [5.74, 6) is 0. The number of aliphatic hydroxyl groups is 1. The second kappa shape index (κ2) is 7.83. The minimum absolute atomic E-state index is 0.105. The zero-order valence-corrected chi connectivity index (χ0v) is 12.7. The quantitative estimate of drug-likeness (QED) is 0.784. The van der Waals surface area contributed by atoms with Crippen molar-refractivity contribution >= 4 is 6.03 Å². The first-order valence-corrected chi connectivity index (χ1v) is 7.27. The van der Waals surface area contributed by atoms with Crippen LogP contribution in [-0.2, 0) is 12.7 Å². The van der Waals surface area contributed by atoms with Crippen LogP contribution < -0.4 is 10.6 Å². The number of nitrogens with one attached hydrogen (secondary N) is 2. The summed E-state index contributed by atoms with van der Waals surface area (Å²) in [5, 5.41) is 15.0. The fourth-order valence-electron chi connectivity index (χ4n) is 2.04. The highest BCUT2D eigenvalue weighted by molar-refractivity contribution is 5.73. The van der Waals surface area contributed by atoms with Crippen LogP contribution >= 0.6 is 0 Å². The SMILES string of the molecule is O=C(NCc1ccccc1)NC[C@@H](O)c1ccc(C(F)(F)F)cc1. The molecular formula is C17H17F3N2O2. The highest BCUT2D eigenvalue weighted by Gasteiger charge is 2.30. The Kier molecular flexibility index (Phi) is 5.81. The molecular weight excluding hydrogens is 321 g/mol. The van der Waals surface area contributed by atoms with Gasteiger partial charge in [0, 0.05) is 13.1 Å². The van der Waals surface area contributed by atoms with Crippen molar-refractivity contribution < 1.29 is 23.1 Å². The van der Waals surface area contributed by atoms with Crippen molar-refractivity contribution in [3.8, 4) is 0 Å². The Bertz CT molecular complexity index is 658. The van der Waals surface area contributed by atoms with E-state index in [0.29, 0.717) is 12.1 Å². The van der Waals surface area contributed by atoms with Crippen molar-refractivity contribution in [1.82, 2.24) is 10.6 Å². The third-order valence-corrected chi connectivity index (χ3v) is 3.37. The molecule has 24 heavy (non-hydrogen) atoms. The summed E-state index contributed by atoms with van der Waals surface area (Å²) in [6.07, 6.45) is -5.51. The molecule has 7 heteroatoms. The van der Waals surface area contributed by atoms with E-state index in [2.05, 4.69) is 10.6 Å². The normalized spacial score (nSPS) is 12.5. The van der Waals surface area contributed by atoms with Gasteiger partial charge in [-0.05, 0) is 23.3 Å². The van der Waals surface area contributed by atoms with E-state index in [0.717, 1.165) is 17.7 Å². The lowest BCUT2D eigenvalue weighted by molar-refractivity contribution is -0.137. The number of alkyl halides is 3. The van der Waals surface area contributed by atoms with E-state index in [9.17, 15) is 23.1 Å². The first-order valence-electron chi connectivity index (χ1n) is 7.27. The molecule has 0 heterocycles. The molecule has 2 rings (SSSR count). The van der Waals surface area contributed by atoms with Crippen LogP contribution in [0, 0.1) is 0 Å². The van der Waals surface area contributed by atoms with Crippen LogP contribution in [0.1, 0.15) is 22.8 Å². The Balaban J connectivity index is 1.80. The van der Waals surface area contributed by atoms with Crippen molar-refractivity contribution in [2.45, 2.75) is 18.8 Å². The van der Waals surface area contributed by atoms with Gasteiger partial charge in [-0.2, -0.15) is 13.2 Å². The van der Waals surface area contributed by atoms with Crippen molar-refractivity contribution in [2.24, 2.45) is 0 Å². The molecule has 0 saturated heterocycles. The summed E-state index contributed by atoms with van der Waals surface area (Å²) in [6, 6.07) is 13.0. The highest BCUT2D eigenvalue weighted by atomic mass is 19.4. The van der Waals surface area contributed by atoms with E-state index < -0.39 is 23.9 Å². The first kappa shape index (κ1) is 17.8. The van der Waals surface area contributed by atoms with E-state index in [1.807, 2.05) is 30.3 Å². The number of amides is 2. The van der Waals surface area contributed by atoms with Crippen LogP contribution in [0.3, 0.4) is 0 Å². The summed E-state index contributed by atoms with van der Waals surface area (Å²) in [4.78, 5) is 11.7. The van der Waals surface area contributed by atoms with Gasteiger partial charge < -0.3 is 15.7 Å². The van der Waals surface area contributed by atoms with E-state index in [4.69, 9.17) is 0 Å². The Hall–Kier alpha value is -2.54. The van der Waals surface area contributed by atoms with Gasteiger partial charge in [0.2, 0.25) is 0 Å². The van der Waals surface area contributed by atoms with E-state index in [1.165, 1.54) is 12.1 Å². The number of urea groups is 1. The molecule has 2 aromatic carbocycles. The van der Waals surface area contributed by atoms with Crippen LogP contribution in [0.5, 0.6) is 0 Å². The van der Waals surface area contributed by atoms with Gasteiger partial charge in [0.15, 0.2) is 0 Å². The average Bonchev–Trinajstić information content (AvgIpc) is 2.58. The molecule has 0 fully saturated rings. The third-order valence-electron chi connectivity index (χ3n) is 3.37. The molecule has 3 N–H and O–H groups in total. The summed E-state index contributed by atoms with van der Waals surface area (Å²) < 4.78 is 37.4. The molecule has 4 nitrogen and oxygen atoms in total. The molecule has 0 saturated carbocycles. The number of aliphatic hydroxyl groups excluding tert-OH is 1. The van der Waals surface area contributed by atoms with E-state index in [1.54, 1.807) is 0 Å². The van der Waals surface area contributed by atoms with Crippen LogP contribution in [0.25, 0.3) is 0 Å². The van der Waals surface area contributed by atoms with Gasteiger partial charge in [0.1, 0.15) is 0 Å². The van der Waals surface area contributed by atoms with Gasteiger partial charge in [-0.15, -0.1) is 0 Å². The van der Waals surface area contributed by atoms with E-state index in [-0.39, 0.29) is 6.54 Å². The van der Waals surface area contributed by atoms with Crippen LogP contribution in [0.2, 0.25) is 0 Å². The molecule has 0 aliphatic heterocycles. The van der Waals surface area contributed by atoms with Gasteiger partial charge in [-0.25, -0.2) is 4.79 Å². The molecule has 2 aromatic rings. The van der Waals surface area contributed by atoms with Gasteiger partial charge in [-0.1, -0.05) is 42.5 Å². The molecule has 0 aliphatic carbocycles. The smallest absolute Gasteiger partial charge is 0.387 e. The summed E-state index contributed by atoms with van der Waals surface area (Å²) >= 11 is 0. The predicted molar refractivity (Wildman–Crippen MR) is 83.1 cm³/mol. The summed E-state index contributed by atoms with van der Waals surface area (Å²) in [5.41, 5.74) is 0.439. The average molecular weight is 338 g/mol. The van der Waals surface area contributed by atoms with Crippen LogP contribution in [0.4, 0.5) is 18.0 Å². The molecule has 0 aromatic heterocycles. The maximum Gasteiger partial charge on any atom is 0.416 e. The number of hydrogen-bond donors (Lipinski definition) is 3. The number of benzene rings is 2. The second-order valence-electron chi connectivity index (χ2n) is 5.18. The van der Waals surface area contributed by atoms with Gasteiger partial charge >= 0.3 is 12.2 Å². The number of halogens is 3. The Morgan fingerprint density at radius 1 is 1.00 bits per heavy atom. The Labute approximate surface area is 137 Å². The fraction of sp³-hybridized carbons (Fsp3) is 0.235. The number of hydrogen-bond acceptors (Lipinski definition) is 2. The molecule has 128 valence electrons. The van der Waals surface area contributed by atoms with Crippen molar-refractivity contribution in [1.29, 1.82) is 0 Å². The second-order valence-corrected chi connectivity index (χ2v) is 5.18. The Morgan fingerprint density at radius 2 is 1.62 bits per heavy atom. The lowest BCUT2D eigenvalue weighted by Gasteiger charge is -2.14. The minimum atomic E-state index is -4.42. The lowest BCUT2D eigenvalue weighted by atomic mass is 10.1. The number of carbonyl (C=O) groups excluding carboxylic acids is 1. The predicted octanol–water partition coefficient (Wildman–Crippen LogP) is 3.24. The molecule has 0 unspecified atom stereocenters. The maximum atomic E-state index is 12.5. The number of carbonyl (C=O) groups is 1. The zero-order chi connectivity index (χ0) is 17.6. The Morgan fingerprint density at radius 3 is 2.21 bits per heavy atom. The third kappa shape index (κ3) is 5.27. The van der Waals surface area contributed by atoms with Crippen LogP contribution in [0.15, 0.2) is 54.6 Å². The van der Waals surface area contributed by atoms with Gasteiger partial charge in [0.25, 0.3) is 0 Å². The van der Waals surface area contributed by atoms with Crippen molar-refractivity contribution in [3.05, 3.63) is 71.3 Å². The van der Waals surface area contributed by atoms with Crippen molar-refractivity contribution in [3.63, 3.8) is 0 Å². The maximum absolute atomic E-state index is 12.5. The lowest BCUT2D eigenvalue weighted by Crippen LogP contribution is -2.37. The van der Waals surface area contributed by atoms with Crippen molar-refractivity contribution in [2.75, 3.05) is 6.54 Å². The monoisotopic (exact) mass is 338 g/mol. The van der Waals surface area contributed by atoms with Crippen LogP contribution in [-0.4, -0.2) is 17.7 Å². The molecule has 0 aliphatic rings. The summed E-state index contributed by atoms with van der Waals surface area (Å²) in [6.45, 7) is 0.231. The standard InChI is InChI=1S/C17H17F3N2O2/c18-17(19,20)14-8-6-13(7-9-14)15(23)11-22-16(24)21-10-12-4-2-1-3-5-12/h1-9,15,23H,10-11H2,(H2,21,22,24)/t15-/m1/s1. The van der Waals surface area contributed by atoms with Gasteiger partial charge in [-0.3, -0.25) is 0 Å². The molecule has 1 atom stereocenters. The fourth-order valence-corrected chi connectivity index (χ4v) is 2.04. The molecule has 0 radical (unpaired) electrons. The molecule has 2 amide bonds. The number of rotatable bonds is 5. The zero-order valence-electron chi connectivity index (χ0n) is 12.7.